The average molecular weight is 1400 g/mol. The number of rotatable bonds is 25. The molecule has 0 spiro atoms. The van der Waals surface area contributed by atoms with Gasteiger partial charge in [-0.1, -0.05) is 17.9 Å². The molecule has 558 valence electrons. The van der Waals surface area contributed by atoms with E-state index in [9.17, 15) is 61.3 Å². The zero-order chi connectivity index (χ0) is 69.5. The quantitative estimate of drug-likeness (QED) is 0.0411. The Hall–Kier alpha value is -3.16. The Morgan fingerprint density at radius 3 is 0.897 bits per heavy atom. The molecule has 0 amide bonds. The van der Waals surface area contributed by atoms with Crippen LogP contribution in [0.25, 0.3) is 0 Å². The molecule has 20 unspecified atom stereocenters. The fourth-order valence-electron chi connectivity index (χ4n) is 13.6. The summed E-state index contributed by atoms with van der Waals surface area (Å²) in [6.07, 6.45) is -37.1. The van der Waals surface area contributed by atoms with E-state index in [1.165, 1.54) is 9.36 Å². The Bertz CT molecular complexity index is 2560. The van der Waals surface area contributed by atoms with E-state index in [-0.39, 0.29) is 59.5 Å². The van der Waals surface area contributed by atoms with Crippen LogP contribution < -0.4 is 68.8 Å². The van der Waals surface area contributed by atoms with E-state index in [4.69, 9.17) is 126 Å². The zero-order valence-corrected chi connectivity index (χ0v) is 52.5. The molecule has 2 aliphatic carbocycles. The highest BCUT2D eigenvalue weighted by molar-refractivity contribution is 5.06. The number of aromatic nitrogens is 6. The van der Waals surface area contributed by atoms with Crippen LogP contribution in [0.3, 0.4) is 0 Å². The highest BCUT2D eigenvalue weighted by atomic mass is 16.8. The van der Waals surface area contributed by atoms with E-state index in [2.05, 4.69) is 20.6 Å². The number of ether oxygens (including phenoxy) is 12. The van der Waals surface area contributed by atoms with Crippen molar-refractivity contribution in [1.29, 1.82) is 0 Å². The SMILES string of the molecule is C.NCC1O[C@H](OC2C(N)C[C@@H](N)C(O)[C@H]2O[C@@H]2O[C@H](Cn3cc(CCCCc4cn(C[C@H]5O[C@@H](O[C@H]6C(O[C@H]7OC(CN)C(O)[C@H](O)C7N)C(N)C[C@@H](N)C6O)[C@@H](O)C5O[C@H]5O[C@@H](CN)C(O)C(O)C5N)nn4)nn3)C(O[C@H]3O[C@@H](CN)C(O)C(O)C3N)[C@@H]2O)C(N)[C@@H](O)C1O. The summed E-state index contributed by atoms with van der Waals surface area (Å²) < 4.78 is 76.5. The number of hydrogen-bond acceptors (Lipinski definition) is 40. The summed E-state index contributed by atoms with van der Waals surface area (Å²) in [5, 5.41) is 150. The maximum atomic E-state index is 12.0. The molecule has 0 bridgehead atoms. The topological polar surface area (TPSA) is 727 Å². The highest BCUT2D eigenvalue weighted by Crippen LogP contribution is 2.38. The first kappa shape index (κ1) is 78.0. The Kier molecular flexibility index (Phi) is 27.0. The zero-order valence-electron chi connectivity index (χ0n) is 52.5. The van der Waals surface area contributed by atoms with Crippen LogP contribution in [0.5, 0.6) is 0 Å². The molecule has 8 fully saturated rings. The fourth-order valence-corrected chi connectivity index (χ4v) is 13.6. The number of unbranched alkanes of at least 4 members (excludes halogenated alkanes) is 1. The Morgan fingerprint density at radius 1 is 0.340 bits per heavy atom. The van der Waals surface area contributed by atoms with Crippen LogP contribution in [0.15, 0.2) is 12.4 Å². The maximum Gasteiger partial charge on any atom is 0.187 e. The summed E-state index contributed by atoms with van der Waals surface area (Å²) in [5.74, 6) is 0. The first-order chi connectivity index (χ1) is 45.7. The lowest BCUT2D eigenvalue weighted by atomic mass is 9.84. The molecule has 0 aromatic carbocycles. The number of aliphatic hydroxyl groups excluding tert-OH is 12. The number of aliphatic hydroxyl groups is 12. The van der Waals surface area contributed by atoms with Gasteiger partial charge < -0.3 is 187 Å². The van der Waals surface area contributed by atoms with Crippen LogP contribution in [-0.2, 0) is 82.8 Å². The van der Waals surface area contributed by atoms with Gasteiger partial charge in [0.15, 0.2) is 37.7 Å². The number of aryl methyl sites for hydroxylation is 2. The third-order valence-electron chi connectivity index (χ3n) is 19.4. The van der Waals surface area contributed by atoms with E-state index in [0.29, 0.717) is 37.1 Å². The lowest BCUT2D eigenvalue weighted by Crippen LogP contribution is -2.68. The van der Waals surface area contributed by atoms with Gasteiger partial charge in [0.2, 0.25) is 0 Å². The Balaban J connectivity index is 0.0000110. The van der Waals surface area contributed by atoms with Crippen LogP contribution in [-0.4, -0.2) is 350 Å². The smallest absolute Gasteiger partial charge is 0.187 e. The average Bonchev–Trinajstić information content (AvgIpc) is 1.62. The van der Waals surface area contributed by atoms with Crippen molar-refractivity contribution in [2.45, 2.75) is 292 Å². The molecule has 2 aromatic rings. The summed E-state index contributed by atoms with van der Waals surface area (Å²) in [7, 11) is 0. The normalized spacial score (nSPS) is 48.2. The number of hydrogen-bond donors (Lipinski definition) is 24. The molecule has 2 aromatic heterocycles. The summed E-state index contributed by atoms with van der Waals surface area (Å²) in [4.78, 5) is 0. The van der Waals surface area contributed by atoms with Crippen molar-refractivity contribution in [2.75, 3.05) is 26.2 Å². The van der Waals surface area contributed by atoms with Gasteiger partial charge in [0.05, 0.1) is 60.9 Å². The monoisotopic (exact) mass is 1400 g/mol. The molecule has 8 aliphatic rings. The maximum absolute atomic E-state index is 12.0. The van der Waals surface area contributed by atoms with Gasteiger partial charge in [-0.3, -0.25) is 0 Å². The molecule has 2 saturated carbocycles. The van der Waals surface area contributed by atoms with E-state index in [0.717, 1.165) is 0 Å². The Morgan fingerprint density at radius 2 is 0.608 bits per heavy atom. The van der Waals surface area contributed by atoms with Crippen LogP contribution in [0.4, 0.5) is 0 Å². The highest BCUT2D eigenvalue weighted by Gasteiger charge is 2.58. The lowest BCUT2D eigenvalue weighted by molar-refractivity contribution is -0.306. The standard InChI is InChI=1S/C54H100N18O24.CH4/c55-7-21-33(75)37(79)27(63)49(85-21)91-43-19(61)5-17(59)31(73)47(43)95-53-41(83)45(93-51-29(65)39(81)35(77)23(9-57)87-51)25(89-53)13-71-11-15(67-69-71)3-1-2-4-16-12-72(70-68-16)14-26-46(94-52-30(66)40(82)36(78)24(10-58)88-52)42(84)54(90-26)96-48-32(74)18(60)6-20(62)44(48)92-50-28(64)38(80)34(76)22(8-56)86-50;/h11-12,17-54,73-84H,1-10,13-14,55-66H2;1H4/t17-,18-,19?,20?,21?,22?,23+,24+,25-,26-,27?,28?,29?,30?,31?,32?,33?,34?,35?,36?,37-,38-,39?,40?,41+,42+,43?,44?,45?,46?,47-,48-,49-,50-,51-,52-,53+,54+;/m1./s1. The molecule has 97 heavy (non-hydrogen) atoms. The van der Waals surface area contributed by atoms with Gasteiger partial charge >= 0.3 is 0 Å². The number of nitrogens with zero attached hydrogens (tertiary/aromatic N) is 6. The summed E-state index contributed by atoms with van der Waals surface area (Å²) >= 11 is 0. The van der Waals surface area contributed by atoms with Crippen LogP contribution >= 0.6 is 0 Å². The fraction of sp³-hybridized carbons (Fsp3) is 0.927. The summed E-state index contributed by atoms with van der Waals surface area (Å²) in [6.45, 7) is -1.20. The van der Waals surface area contributed by atoms with Crippen molar-refractivity contribution in [3.63, 3.8) is 0 Å². The van der Waals surface area contributed by atoms with Crippen molar-refractivity contribution in [1.82, 2.24) is 30.0 Å². The predicted molar refractivity (Wildman–Crippen MR) is 326 cm³/mol. The van der Waals surface area contributed by atoms with Gasteiger partial charge in [-0.05, 0) is 38.5 Å². The molecule has 36 N–H and O–H groups in total. The molecule has 8 heterocycles. The second-order valence-corrected chi connectivity index (χ2v) is 26.2. The predicted octanol–water partition coefficient (Wildman–Crippen LogP) is -15.7. The summed E-state index contributed by atoms with van der Waals surface area (Å²) in [6, 6.07) is -9.13. The minimum absolute atomic E-state index is 0. The van der Waals surface area contributed by atoms with Crippen LogP contribution in [0.2, 0.25) is 0 Å². The van der Waals surface area contributed by atoms with Crippen molar-refractivity contribution in [3.05, 3.63) is 23.8 Å². The van der Waals surface area contributed by atoms with Gasteiger partial charge in [0, 0.05) is 62.7 Å². The molecule has 42 heteroatoms. The largest absolute Gasteiger partial charge is 0.389 e. The molecule has 42 nitrogen and oxygen atoms in total. The molecule has 6 aliphatic heterocycles. The molecule has 10 rings (SSSR count). The van der Waals surface area contributed by atoms with Crippen molar-refractivity contribution < 1.29 is 118 Å². The van der Waals surface area contributed by atoms with E-state index < -0.39 is 233 Å². The van der Waals surface area contributed by atoms with Crippen LogP contribution in [0.1, 0.15) is 44.5 Å². The van der Waals surface area contributed by atoms with Gasteiger partial charge in [-0.2, -0.15) is 0 Å². The molecule has 38 atom stereocenters. The van der Waals surface area contributed by atoms with Gasteiger partial charge in [-0.15, -0.1) is 10.2 Å². The van der Waals surface area contributed by atoms with Crippen LogP contribution in [0, 0.1) is 0 Å². The van der Waals surface area contributed by atoms with Crippen molar-refractivity contribution in [3.8, 4) is 0 Å². The van der Waals surface area contributed by atoms with Crippen molar-refractivity contribution >= 4 is 0 Å². The van der Waals surface area contributed by atoms with Crippen molar-refractivity contribution in [2.24, 2.45) is 68.8 Å². The van der Waals surface area contributed by atoms with E-state index in [1.54, 1.807) is 12.4 Å². The molecular formula is C55H104N18O24. The van der Waals surface area contributed by atoms with Gasteiger partial charge in [0.25, 0.3) is 0 Å². The van der Waals surface area contributed by atoms with E-state index >= 15 is 0 Å². The summed E-state index contributed by atoms with van der Waals surface area (Å²) in [5.41, 5.74) is 75.2. The lowest BCUT2D eigenvalue weighted by Gasteiger charge is -2.47. The second kappa shape index (κ2) is 33.5. The molecular weight excluding hydrogens is 1300 g/mol. The third-order valence-corrected chi connectivity index (χ3v) is 19.4. The number of nitrogens with two attached hydrogens (primary N) is 12. The first-order valence-corrected chi connectivity index (χ1v) is 32.3. The second-order valence-electron chi connectivity index (χ2n) is 26.2. The van der Waals surface area contributed by atoms with Gasteiger partial charge in [-0.25, -0.2) is 9.36 Å². The first-order valence-electron chi connectivity index (χ1n) is 32.3. The third kappa shape index (κ3) is 16.8. The minimum atomic E-state index is -1.70. The van der Waals surface area contributed by atoms with Gasteiger partial charge in [0.1, 0.15) is 134 Å². The molecule has 6 saturated heterocycles. The Labute approximate surface area is 557 Å². The van der Waals surface area contributed by atoms with E-state index in [1.807, 2.05) is 0 Å². The minimum Gasteiger partial charge on any atom is -0.389 e. The molecule has 0 radical (unpaired) electrons.